The van der Waals surface area contributed by atoms with E-state index in [-0.39, 0.29) is 28.2 Å². The highest BCUT2D eigenvalue weighted by atomic mass is 19.4. The molecule has 0 aromatic heterocycles. The predicted molar refractivity (Wildman–Crippen MR) is 201 cm³/mol. The Kier molecular flexibility index (Phi) is 18.7. The van der Waals surface area contributed by atoms with Crippen LogP contribution in [0.3, 0.4) is 0 Å². The minimum atomic E-state index is -8.83. The lowest BCUT2D eigenvalue weighted by atomic mass is 9.88. The maximum Gasteiger partial charge on any atom is 0.460 e. The van der Waals surface area contributed by atoms with Gasteiger partial charge >= 0.3 is 95.3 Å². The Labute approximate surface area is 427 Å². The average molecular weight is 1250 g/mol. The van der Waals surface area contributed by atoms with E-state index >= 15 is 0 Å². The van der Waals surface area contributed by atoms with Crippen molar-refractivity contribution in [2.45, 2.75) is 121 Å². The van der Waals surface area contributed by atoms with Crippen LogP contribution in [-0.4, -0.2) is 114 Å². The van der Waals surface area contributed by atoms with Crippen LogP contribution in [-0.2, 0) is 0 Å². The molecule has 3 rings (SSSR count). The Hall–Kier alpha value is -6.16. The maximum atomic E-state index is 14.4. The summed E-state index contributed by atoms with van der Waals surface area (Å²) in [5, 5.41) is 13.2. The maximum absolute atomic E-state index is 14.4. The molecular weight excluding hydrogens is 1230 g/mol. The highest BCUT2D eigenvalue weighted by Crippen LogP contribution is 2.66. The summed E-state index contributed by atoms with van der Waals surface area (Å²) >= 11 is 0. The second kappa shape index (κ2) is 21.9. The molecule has 0 spiro atoms. The van der Waals surface area contributed by atoms with Crippen LogP contribution in [0.4, 0.5) is 149 Å². The minimum Gasteiger partial charge on any atom is -0.494 e. The summed E-state index contributed by atoms with van der Waals surface area (Å²) in [5.41, 5.74) is -0.909. The van der Waals surface area contributed by atoms with Gasteiger partial charge in [-0.1, -0.05) is 17.3 Å². The molecule has 0 heterocycles. The van der Waals surface area contributed by atoms with Gasteiger partial charge in [0.05, 0.1) is 18.8 Å². The van der Waals surface area contributed by atoms with E-state index in [0.717, 1.165) is 54.6 Å². The van der Waals surface area contributed by atoms with E-state index in [2.05, 4.69) is 5.16 Å². The smallest absolute Gasteiger partial charge is 0.460 e. The van der Waals surface area contributed by atoms with Crippen molar-refractivity contribution in [3.05, 3.63) is 89.5 Å². The van der Waals surface area contributed by atoms with Gasteiger partial charge in [-0.05, 0) is 73.5 Å². The molecule has 0 fully saturated rings. The number of halogens is 34. The van der Waals surface area contributed by atoms with Crippen LogP contribution in [0.25, 0.3) is 0 Å². The molecule has 0 bridgehead atoms. The van der Waals surface area contributed by atoms with Gasteiger partial charge in [0.2, 0.25) is 0 Å². The number of ether oxygens (including phenoxy) is 2. The normalized spacial score (nSPS) is 14.8. The third-order valence-corrected chi connectivity index (χ3v) is 10.9. The standard InChI is InChI=1S/C42H24F34N2O3/c43-27(44,29(47,48)31(51,52)33(55,56)35(59,60)37(63,64)39(67,68)41(71,72)73)15-3-17-79-23-11-7-20(8-12-23)26(78-81-25-6-2-1-5-22(25)19-77)21-9-13-24(14-10-21)80-18-4-16-28(45,46)30(49,50)32(53,54)34(57,58)36(61,62)38(65,66)40(69,70)42(74,75)76/h1-2,5-14H,3-4,15-18H2. The molecular formula is C42H24F34N2O3. The van der Waals surface area contributed by atoms with E-state index in [1.54, 1.807) is 6.07 Å². The molecule has 0 radical (unpaired) electrons. The van der Waals surface area contributed by atoms with Crippen LogP contribution in [0, 0.1) is 11.3 Å². The zero-order chi connectivity index (χ0) is 63.3. The van der Waals surface area contributed by atoms with Gasteiger partial charge < -0.3 is 14.3 Å². The van der Waals surface area contributed by atoms with Crippen molar-refractivity contribution in [1.29, 1.82) is 5.26 Å². The van der Waals surface area contributed by atoms with Gasteiger partial charge in [-0.25, -0.2) is 0 Å². The number of benzene rings is 3. The second-order valence-electron chi connectivity index (χ2n) is 16.4. The van der Waals surface area contributed by atoms with Crippen LogP contribution in [0.15, 0.2) is 78.0 Å². The lowest BCUT2D eigenvalue weighted by Gasteiger charge is -2.42. The average Bonchev–Trinajstić information content (AvgIpc) is 3.33. The number of oxime groups is 1. The summed E-state index contributed by atoms with van der Waals surface area (Å²) in [6.07, 6.45) is -24.9. The SMILES string of the molecule is N#Cc1ccccc1ON=C(c1ccc(OCCCC(F)(F)C(F)(F)C(F)(F)C(F)(F)C(F)(F)C(F)(F)C(F)(F)C(F)(F)F)cc1)c1ccc(OCCCC(F)(F)C(F)(F)C(F)(F)C(F)(F)C(F)(F)C(F)(F)C(F)(F)C(F)(F)F)cc1. The molecule has 0 saturated carbocycles. The third-order valence-electron chi connectivity index (χ3n) is 10.9. The van der Waals surface area contributed by atoms with Crippen molar-refractivity contribution in [3.63, 3.8) is 0 Å². The van der Waals surface area contributed by atoms with Crippen molar-refractivity contribution < 1.29 is 164 Å². The van der Waals surface area contributed by atoms with Crippen molar-refractivity contribution in [3.8, 4) is 23.3 Å². The van der Waals surface area contributed by atoms with Gasteiger partial charge in [0.25, 0.3) is 0 Å². The van der Waals surface area contributed by atoms with Crippen LogP contribution >= 0.6 is 0 Å². The first-order chi connectivity index (χ1) is 36.0. The monoisotopic (exact) mass is 1250 g/mol. The molecule has 458 valence electrons. The summed E-state index contributed by atoms with van der Waals surface area (Å²) in [6, 6.07) is 13.8. The van der Waals surface area contributed by atoms with Gasteiger partial charge in [-0.2, -0.15) is 155 Å². The number of hydrogen-bond donors (Lipinski definition) is 0. The molecule has 0 amide bonds. The minimum absolute atomic E-state index is 0.170. The van der Waals surface area contributed by atoms with Crippen LogP contribution in [0.5, 0.6) is 17.2 Å². The van der Waals surface area contributed by atoms with E-state index < -0.39 is 146 Å². The van der Waals surface area contributed by atoms with Crippen LogP contribution in [0.2, 0.25) is 0 Å². The largest absolute Gasteiger partial charge is 0.494 e. The van der Waals surface area contributed by atoms with Crippen molar-refractivity contribution >= 4 is 5.71 Å². The van der Waals surface area contributed by atoms with Gasteiger partial charge in [0.15, 0.2) is 5.75 Å². The highest BCUT2D eigenvalue weighted by Gasteiger charge is 2.97. The fourth-order valence-corrected chi connectivity index (χ4v) is 6.10. The van der Waals surface area contributed by atoms with E-state index in [1.807, 2.05) is 0 Å². The number of alkyl halides is 34. The van der Waals surface area contributed by atoms with E-state index in [4.69, 9.17) is 14.3 Å². The van der Waals surface area contributed by atoms with Gasteiger partial charge in [-0.3, -0.25) is 0 Å². The first-order valence-corrected chi connectivity index (χ1v) is 20.7. The molecule has 3 aromatic carbocycles. The van der Waals surface area contributed by atoms with Crippen LogP contribution < -0.4 is 14.3 Å². The van der Waals surface area contributed by atoms with Gasteiger partial charge in [-0.15, -0.1) is 0 Å². The molecule has 0 aliphatic rings. The number of nitriles is 1. The van der Waals surface area contributed by atoms with E-state index in [9.17, 15) is 155 Å². The molecule has 0 aliphatic carbocycles. The summed E-state index contributed by atoms with van der Waals surface area (Å²) in [7, 11) is 0. The van der Waals surface area contributed by atoms with Crippen molar-refractivity contribution in [2.24, 2.45) is 5.16 Å². The molecule has 5 nitrogen and oxygen atoms in total. The number of rotatable bonds is 26. The van der Waals surface area contributed by atoms with E-state index in [1.165, 1.54) is 18.2 Å². The fraction of sp³-hybridized carbons (Fsp3) is 0.524. The Morgan fingerprint density at radius 2 is 0.630 bits per heavy atom. The molecule has 81 heavy (non-hydrogen) atoms. The summed E-state index contributed by atoms with van der Waals surface area (Å²) < 4.78 is 472. The second-order valence-corrected chi connectivity index (χ2v) is 16.4. The number of para-hydroxylation sites is 1. The predicted octanol–water partition coefficient (Wildman–Crippen LogP) is 16.7. The quantitative estimate of drug-likeness (QED) is 0.0348. The molecule has 39 heteroatoms. The molecule has 0 aliphatic heterocycles. The zero-order valence-corrected chi connectivity index (χ0v) is 38.1. The highest BCUT2D eigenvalue weighted by molar-refractivity contribution is 6.12. The number of nitrogens with zero attached hydrogens (tertiary/aromatic N) is 2. The molecule has 0 saturated heterocycles. The first-order valence-electron chi connectivity index (χ1n) is 20.7. The molecule has 0 unspecified atom stereocenters. The van der Waals surface area contributed by atoms with Crippen molar-refractivity contribution in [1.82, 2.24) is 0 Å². The third kappa shape index (κ3) is 11.5. The Balaban J connectivity index is 1.81. The Morgan fingerprint density at radius 3 is 0.914 bits per heavy atom. The summed E-state index contributed by atoms with van der Waals surface area (Å²) in [6.45, 7) is -2.73. The van der Waals surface area contributed by atoms with E-state index in [0.29, 0.717) is 0 Å². The van der Waals surface area contributed by atoms with Gasteiger partial charge in [0, 0.05) is 24.0 Å². The lowest BCUT2D eigenvalue weighted by Crippen LogP contribution is -2.74. The summed E-state index contributed by atoms with van der Waals surface area (Å²) in [5.74, 6) is -117. The molecule has 3 aromatic rings. The topological polar surface area (TPSA) is 63.8 Å². The van der Waals surface area contributed by atoms with Crippen LogP contribution in [0.1, 0.15) is 42.4 Å². The van der Waals surface area contributed by atoms with Gasteiger partial charge in [0.1, 0.15) is 23.3 Å². The summed E-state index contributed by atoms with van der Waals surface area (Å²) in [4.78, 5) is 5.28. The zero-order valence-electron chi connectivity index (χ0n) is 38.1. The molecule has 0 atom stereocenters. The molecule has 0 N–H and O–H groups in total. The first kappa shape index (κ1) is 69.1. The fourth-order valence-electron chi connectivity index (χ4n) is 6.10. The lowest BCUT2D eigenvalue weighted by molar-refractivity contribution is -0.461. The van der Waals surface area contributed by atoms with Crippen molar-refractivity contribution in [2.75, 3.05) is 13.2 Å². The number of hydrogen-bond acceptors (Lipinski definition) is 5. The Morgan fingerprint density at radius 1 is 0.358 bits per heavy atom. The Bertz CT molecular complexity index is 2560.